The topological polar surface area (TPSA) is 52.6 Å². The van der Waals surface area contributed by atoms with Crippen LogP contribution in [0.15, 0.2) is 6.07 Å². The minimum atomic E-state index is -0.0627. The average molecular weight is 282 g/mol. The molecule has 2 amide bonds. The Balaban J connectivity index is 1.99. The average Bonchev–Trinajstić information content (AvgIpc) is 3.11. The first-order valence-corrected chi connectivity index (χ1v) is 7.59. The van der Waals surface area contributed by atoms with Crippen LogP contribution in [0.1, 0.15) is 41.1 Å². The third-order valence-electron chi connectivity index (χ3n) is 3.48. The summed E-state index contributed by atoms with van der Waals surface area (Å²) < 4.78 is 0. The highest BCUT2D eigenvalue weighted by atomic mass is 32.1. The number of aliphatic hydroxyl groups excluding tert-OH is 1. The highest BCUT2D eigenvalue weighted by molar-refractivity contribution is 7.12. The number of hydrogen-bond acceptors (Lipinski definition) is 3. The number of nitrogens with zero attached hydrogens (tertiary/aromatic N) is 1. The van der Waals surface area contributed by atoms with Gasteiger partial charge in [-0.15, -0.1) is 11.3 Å². The Morgan fingerprint density at radius 1 is 1.58 bits per heavy atom. The van der Waals surface area contributed by atoms with Gasteiger partial charge < -0.3 is 15.3 Å². The van der Waals surface area contributed by atoms with Gasteiger partial charge in [-0.3, -0.25) is 0 Å². The summed E-state index contributed by atoms with van der Waals surface area (Å²) in [5.41, 5.74) is 1.19. The second kappa shape index (κ2) is 5.92. The summed E-state index contributed by atoms with van der Waals surface area (Å²) >= 11 is 1.76. The molecule has 4 nitrogen and oxygen atoms in total. The molecule has 5 heteroatoms. The van der Waals surface area contributed by atoms with Crippen LogP contribution >= 0.6 is 11.3 Å². The van der Waals surface area contributed by atoms with Crippen LogP contribution in [0.3, 0.4) is 0 Å². The molecule has 0 aliphatic heterocycles. The van der Waals surface area contributed by atoms with E-state index in [1.807, 2.05) is 6.92 Å². The predicted octanol–water partition coefficient (Wildman–Crippen LogP) is 2.59. The first-order chi connectivity index (χ1) is 9.02. The molecule has 2 rings (SSSR count). The van der Waals surface area contributed by atoms with E-state index < -0.39 is 0 Å². The van der Waals surface area contributed by atoms with Crippen molar-refractivity contribution < 1.29 is 9.90 Å². The normalized spacial score (nSPS) is 16.2. The zero-order valence-electron chi connectivity index (χ0n) is 11.8. The molecular formula is C14H22N2O2S. The van der Waals surface area contributed by atoms with Crippen LogP contribution in [0.4, 0.5) is 4.79 Å². The first-order valence-electron chi connectivity index (χ1n) is 6.78. The highest BCUT2D eigenvalue weighted by Gasteiger charge is 2.32. The maximum atomic E-state index is 12.2. The quantitative estimate of drug-likeness (QED) is 0.872. The van der Waals surface area contributed by atoms with E-state index in [0.717, 1.165) is 12.8 Å². The van der Waals surface area contributed by atoms with Crippen molar-refractivity contribution in [2.75, 3.05) is 13.2 Å². The second-order valence-corrected chi connectivity index (χ2v) is 6.65. The molecule has 1 heterocycles. The lowest BCUT2D eigenvalue weighted by Crippen LogP contribution is -2.43. The Morgan fingerprint density at radius 3 is 2.74 bits per heavy atom. The number of urea groups is 1. The van der Waals surface area contributed by atoms with E-state index in [0.29, 0.717) is 12.6 Å². The molecular weight excluding hydrogens is 260 g/mol. The van der Waals surface area contributed by atoms with E-state index in [1.165, 1.54) is 15.3 Å². The van der Waals surface area contributed by atoms with Crippen molar-refractivity contribution in [3.63, 3.8) is 0 Å². The van der Waals surface area contributed by atoms with E-state index in [2.05, 4.69) is 25.2 Å². The SMILES string of the molecule is Cc1cc(C(C)NC(=O)N(CCO)C2CC2)c(C)s1. The first kappa shape index (κ1) is 14.3. The minimum absolute atomic E-state index is 0.0115. The summed E-state index contributed by atoms with van der Waals surface area (Å²) in [6.45, 7) is 6.62. The molecule has 1 fully saturated rings. The molecule has 0 radical (unpaired) electrons. The third-order valence-corrected chi connectivity index (χ3v) is 4.46. The Labute approximate surface area is 118 Å². The second-order valence-electron chi connectivity index (χ2n) is 5.19. The number of hydrogen-bond donors (Lipinski definition) is 2. The fraction of sp³-hybridized carbons (Fsp3) is 0.643. The van der Waals surface area contributed by atoms with Crippen molar-refractivity contribution in [2.24, 2.45) is 0 Å². The molecule has 1 atom stereocenters. The summed E-state index contributed by atoms with van der Waals surface area (Å²) in [4.78, 5) is 16.5. The number of thiophene rings is 1. The number of carbonyl (C=O) groups excluding carboxylic acids is 1. The van der Waals surface area contributed by atoms with Gasteiger partial charge in [-0.05, 0) is 45.2 Å². The summed E-state index contributed by atoms with van der Waals surface area (Å²) in [6, 6.07) is 2.41. The minimum Gasteiger partial charge on any atom is -0.395 e. The smallest absolute Gasteiger partial charge is 0.318 e. The fourth-order valence-electron chi connectivity index (χ4n) is 2.37. The molecule has 2 N–H and O–H groups in total. The molecule has 106 valence electrons. The molecule has 19 heavy (non-hydrogen) atoms. The summed E-state index contributed by atoms with van der Waals surface area (Å²) in [6.07, 6.45) is 2.11. The highest BCUT2D eigenvalue weighted by Crippen LogP contribution is 2.29. The molecule has 1 saturated carbocycles. The van der Waals surface area contributed by atoms with Gasteiger partial charge in [-0.2, -0.15) is 0 Å². The summed E-state index contributed by atoms with van der Waals surface area (Å²) in [7, 11) is 0. The monoisotopic (exact) mass is 282 g/mol. The van der Waals surface area contributed by atoms with Gasteiger partial charge in [0.1, 0.15) is 0 Å². The van der Waals surface area contributed by atoms with Crippen molar-refractivity contribution in [1.82, 2.24) is 10.2 Å². The van der Waals surface area contributed by atoms with E-state index in [4.69, 9.17) is 5.11 Å². The van der Waals surface area contributed by atoms with Crippen molar-refractivity contribution >= 4 is 17.4 Å². The molecule has 1 aromatic rings. The van der Waals surface area contributed by atoms with Gasteiger partial charge in [-0.1, -0.05) is 0 Å². The molecule has 1 aliphatic carbocycles. The number of nitrogens with one attached hydrogen (secondary N) is 1. The fourth-order valence-corrected chi connectivity index (χ4v) is 3.39. The van der Waals surface area contributed by atoms with Gasteiger partial charge in [0.2, 0.25) is 0 Å². The van der Waals surface area contributed by atoms with E-state index in [-0.39, 0.29) is 18.7 Å². The van der Waals surface area contributed by atoms with Gasteiger partial charge in [0.15, 0.2) is 0 Å². The van der Waals surface area contributed by atoms with Gasteiger partial charge in [-0.25, -0.2) is 4.79 Å². The lowest BCUT2D eigenvalue weighted by atomic mass is 10.1. The van der Waals surface area contributed by atoms with Crippen LogP contribution in [0, 0.1) is 13.8 Å². The van der Waals surface area contributed by atoms with Crippen molar-refractivity contribution in [1.29, 1.82) is 0 Å². The lowest BCUT2D eigenvalue weighted by molar-refractivity contribution is 0.171. The zero-order valence-corrected chi connectivity index (χ0v) is 12.6. The van der Waals surface area contributed by atoms with Crippen LogP contribution in [-0.4, -0.2) is 35.2 Å². The van der Waals surface area contributed by atoms with Gasteiger partial charge in [0, 0.05) is 22.3 Å². The van der Waals surface area contributed by atoms with Gasteiger partial charge in [0.05, 0.1) is 12.6 Å². The van der Waals surface area contributed by atoms with Crippen LogP contribution in [0.25, 0.3) is 0 Å². The van der Waals surface area contributed by atoms with E-state index >= 15 is 0 Å². The molecule has 1 aromatic heterocycles. The van der Waals surface area contributed by atoms with Crippen LogP contribution in [0.2, 0.25) is 0 Å². The Bertz CT molecular complexity index is 454. The number of aryl methyl sites for hydroxylation is 2. The zero-order chi connectivity index (χ0) is 14.0. The molecule has 0 bridgehead atoms. The van der Waals surface area contributed by atoms with Crippen LogP contribution < -0.4 is 5.32 Å². The molecule has 1 unspecified atom stereocenters. The maximum absolute atomic E-state index is 12.2. The summed E-state index contributed by atoms with van der Waals surface area (Å²) in [5, 5.41) is 12.1. The standard InChI is InChI=1S/C14H22N2O2S/c1-9-8-13(11(3)19-9)10(2)15-14(18)16(6-7-17)12-4-5-12/h8,10,12,17H,4-7H2,1-3H3,(H,15,18). The largest absolute Gasteiger partial charge is 0.395 e. The Morgan fingerprint density at radius 2 is 2.26 bits per heavy atom. The van der Waals surface area contributed by atoms with Gasteiger partial charge >= 0.3 is 6.03 Å². The number of rotatable bonds is 5. The van der Waals surface area contributed by atoms with E-state index in [1.54, 1.807) is 16.2 Å². The van der Waals surface area contributed by atoms with Crippen molar-refractivity contribution in [2.45, 2.75) is 45.7 Å². The van der Waals surface area contributed by atoms with Crippen molar-refractivity contribution in [3.05, 3.63) is 21.4 Å². The Kier molecular flexibility index (Phi) is 4.47. The summed E-state index contributed by atoms with van der Waals surface area (Å²) in [5.74, 6) is 0. The van der Waals surface area contributed by atoms with Gasteiger partial charge in [0.25, 0.3) is 0 Å². The van der Waals surface area contributed by atoms with Crippen LogP contribution in [-0.2, 0) is 0 Å². The molecule has 0 spiro atoms. The Hall–Kier alpha value is -1.07. The number of aliphatic hydroxyl groups is 1. The third kappa shape index (κ3) is 3.48. The maximum Gasteiger partial charge on any atom is 0.318 e. The predicted molar refractivity (Wildman–Crippen MR) is 77.6 cm³/mol. The van der Waals surface area contributed by atoms with E-state index in [9.17, 15) is 4.79 Å². The molecule has 1 aliphatic rings. The van der Waals surface area contributed by atoms with Crippen LogP contribution in [0.5, 0.6) is 0 Å². The molecule has 0 saturated heterocycles. The molecule has 0 aromatic carbocycles. The number of amides is 2. The number of carbonyl (C=O) groups is 1. The lowest BCUT2D eigenvalue weighted by Gasteiger charge is -2.24. The van der Waals surface area contributed by atoms with Crippen molar-refractivity contribution in [3.8, 4) is 0 Å².